The molecule has 2 atom stereocenters. The van der Waals surface area contributed by atoms with Gasteiger partial charge in [-0.3, -0.25) is 0 Å². The molecule has 0 aromatic heterocycles. The van der Waals surface area contributed by atoms with Gasteiger partial charge < -0.3 is 19.2 Å². The van der Waals surface area contributed by atoms with Crippen LogP contribution in [0.25, 0.3) is 0 Å². The van der Waals surface area contributed by atoms with Crippen LogP contribution in [0.3, 0.4) is 0 Å². The zero-order valence-electron chi connectivity index (χ0n) is 12.7. The van der Waals surface area contributed by atoms with Gasteiger partial charge in [-0.05, 0) is 46.5 Å². The molecular formula is C15H25NO4. The Morgan fingerprint density at radius 2 is 2.15 bits per heavy atom. The maximum atomic E-state index is 12.2. The number of hydrogen-bond acceptors (Lipinski definition) is 4. The van der Waals surface area contributed by atoms with E-state index in [1.165, 1.54) is 0 Å². The van der Waals surface area contributed by atoms with Gasteiger partial charge >= 0.3 is 6.09 Å². The minimum absolute atomic E-state index is 0.0507. The van der Waals surface area contributed by atoms with Crippen LogP contribution in [-0.2, 0) is 14.3 Å². The van der Waals surface area contributed by atoms with Gasteiger partial charge in [0.05, 0.1) is 11.5 Å². The maximum Gasteiger partial charge on any atom is 0.410 e. The minimum atomic E-state index is -0.550. The Bertz CT molecular complexity index is 371. The average molecular weight is 283 g/mol. The van der Waals surface area contributed by atoms with Crippen molar-refractivity contribution < 1.29 is 19.1 Å². The van der Waals surface area contributed by atoms with Crippen molar-refractivity contribution in [3.63, 3.8) is 0 Å². The maximum absolute atomic E-state index is 12.2. The normalized spacial score (nSPS) is 31.1. The van der Waals surface area contributed by atoms with Gasteiger partial charge in [-0.2, -0.15) is 0 Å². The lowest BCUT2D eigenvalue weighted by molar-refractivity contribution is -0.128. The summed E-state index contributed by atoms with van der Waals surface area (Å²) in [5, 5.41) is 0. The summed E-state index contributed by atoms with van der Waals surface area (Å²) in [4.78, 5) is 25.5. The lowest BCUT2D eigenvalue weighted by atomic mass is 9.75. The molecule has 0 aromatic carbocycles. The summed E-state index contributed by atoms with van der Waals surface area (Å²) in [5.74, 6) is 0. The Hall–Kier alpha value is -1.10. The molecule has 0 N–H and O–H groups in total. The number of amides is 1. The van der Waals surface area contributed by atoms with Crippen molar-refractivity contribution in [2.45, 2.75) is 58.2 Å². The molecule has 2 saturated heterocycles. The van der Waals surface area contributed by atoms with Crippen molar-refractivity contribution in [2.75, 3.05) is 19.7 Å². The second-order valence-electron chi connectivity index (χ2n) is 6.86. The van der Waals surface area contributed by atoms with Crippen LogP contribution in [0.15, 0.2) is 0 Å². The first-order valence-corrected chi connectivity index (χ1v) is 7.42. The monoisotopic (exact) mass is 283 g/mol. The summed E-state index contributed by atoms with van der Waals surface area (Å²) in [6, 6.07) is 0. The number of likely N-dealkylation sites (tertiary alicyclic amines) is 1. The first-order chi connectivity index (χ1) is 9.36. The molecule has 2 rings (SSSR count). The van der Waals surface area contributed by atoms with Crippen molar-refractivity contribution in [1.82, 2.24) is 4.90 Å². The van der Waals surface area contributed by atoms with E-state index in [1.54, 1.807) is 4.90 Å². The Balaban J connectivity index is 2.06. The van der Waals surface area contributed by atoms with Gasteiger partial charge in [0.2, 0.25) is 0 Å². The number of aldehydes is 1. The molecule has 0 aromatic rings. The van der Waals surface area contributed by atoms with Crippen molar-refractivity contribution in [3.05, 3.63) is 0 Å². The lowest BCUT2D eigenvalue weighted by Crippen LogP contribution is -2.53. The van der Waals surface area contributed by atoms with Crippen LogP contribution >= 0.6 is 0 Å². The molecule has 0 saturated carbocycles. The highest BCUT2D eigenvalue weighted by Crippen LogP contribution is 2.38. The van der Waals surface area contributed by atoms with E-state index in [-0.39, 0.29) is 12.2 Å². The van der Waals surface area contributed by atoms with E-state index >= 15 is 0 Å². The predicted octanol–water partition coefficient (Wildman–Crippen LogP) is 2.38. The topological polar surface area (TPSA) is 55.8 Å². The average Bonchev–Trinajstić information content (AvgIpc) is 2.91. The number of carbonyl (C=O) groups is 2. The van der Waals surface area contributed by atoms with Gasteiger partial charge in [-0.15, -0.1) is 0 Å². The molecule has 114 valence electrons. The molecule has 5 heteroatoms. The molecule has 0 aliphatic carbocycles. The van der Waals surface area contributed by atoms with E-state index < -0.39 is 11.0 Å². The van der Waals surface area contributed by atoms with Crippen LogP contribution < -0.4 is 0 Å². The third-order valence-electron chi connectivity index (χ3n) is 4.01. The summed E-state index contributed by atoms with van der Waals surface area (Å²) in [7, 11) is 0. The fraction of sp³-hybridized carbons (Fsp3) is 0.867. The molecule has 1 amide bonds. The van der Waals surface area contributed by atoms with Crippen molar-refractivity contribution in [3.8, 4) is 0 Å². The molecule has 0 bridgehead atoms. The predicted molar refractivity (Wildman–Crippen MR) is 74.5 cm³/mol. The van der Waals surface area contributed by atoms with E-state index in [2.05, 4.69) is 0 Å². The van der Waals surface area contributed by atoms with E-state index in [0.717, 1.165) is 32.0 Å². The van der Waals surface area contributed by atoms with Crippen molar-refractivity contribution in [2.24, 2.45) is 5.41 Å². The largest absolute Gasteiger partial charge is 0.444 e. The van der Waals surface area contributed by atoms with E-state index in [0.29, 0.717) is 19.7 Å². The molecule has 2 unspecified atom stereocenters. The second-order valence-corrected chi connectivity index (χ2v) is 6.86. The van der Waals surface area contributed by atoms with Crippen molar-refractivity contribution in [1.29, 1.82) is 0 Å². The highest BCUT2D eigenvalue weighted by molar-refractivity contribution is 5.70. The fourth-order valence-corrected chi connectivity index (χ4v) is 3.06. The third-order valence-corrected chi connectivity index (χ3v) is 4.01. The zero-order valence-corrected chi connectivity index (χ0v) is 12.7. The summed E-state index contributed by atoms with van der Waals surface area (Å²) in [6.45, 7) is 7.33. The first-order valence-electron chi connectivity index (χ1n) is 7.42. The summed E-state index contributed by atoms with van der Waals surface area (Å²) in [6.07, 6.45) is 4.12. The summed E-state index contributed by atoms with van der Waals surface area (Å²) >= 11 is 0. The van der Waals surface area contributed by atoms with E-state index in [1.807, 2.05) is 20.8 Å². The van der Waals surface area contributed by atoms with Crippen molar-refractivity contribution >= 4 is 12.4 Å². The molecule has 2 heterocycles. The molecule has 2 aliphatic rings. The quantitative estimate of drug-likeness (QED) is 0.730. The molecule has 0 radical (unpaired) electrons. The third kappa shape index (κ3) is 3.32. The number of hydrogen-bond donors (Lipinski definition) is 0. The Kier molecular flexibility index (Phi) is 4.37. The van der Waals surface area contributed by atoms with Gasteiger partial charge in [-0.1, -0.05) is 0 Å². The van der Waals surface area contributed by atoms with Crippen LogP contribution in [0.5, 0.6) is 0 Å². The number of piperidine rings is 1. The van der Waals surface area contributed by atoms with Crippen LogP contribution in [0, 0.1) is 5.41 Å². The second kappa shape index (κ2) is 5.72. The number of carbonyl (C=O) groups excluding carboxylic acids is 2. The molecular weight excluding hydrogens is 258 g/mol. The van der Waals surface area contributed by atoms with Gasteiger partial charge in [0.1, 0.15) is 11.9 Å². The standard InChI is InChI=1S/C15H25NO4/c1-14(2,3)20-13(18)16-8-5-7-15(10-16,11-17)12-6-4-9-19-12/h11-12H,4-10H2,1-3H3. The molecule has 2 fully saturated rings. The van der Waals surface area contributed by atoms with Crippen LogP contribution in [0.4, 0.5) is 4.79 Å². The number of rotatable bonds is 2. The molecule has 2 aliphatic heterocycles. The van der Waals surface area contributed by atoms with Crippen LogP contribution in [0.2, 0.25) is 0 Å². The smallest absolute Gasteiger partial charge is 0.410 e. The SMILES string of the molecule is CC(C)(C)OC(=O)N1CCCC(C=O)(C2CCCO2)C1. The lowest BCUT2D eigenvalue weighted by Gasteiger charge is -2.42. The van der Waals surface area contributed by atoms with Gasteiger partial charge in [0.25, 0.3) is 0 Å². The Morgan fingerprint density at radius 1 is 1.40 bits per heavy atom. The Morgan fingerprint density at radius 3 is 2.70 bits per heavy atom. The Labute approximate surface area is 120 Å². The molecule has 0 spiro atoms. The summed E-state index contributed by atoms with van der Waals surface area (Å²) in [5.41, 5.74) is -1.06. The minimum Gasteiger partial charge on any atom is -0.444 e. The highest BCUT2D eigenvalue weighted by Gasteiger charge is 2.46. The van der Waals surface area contributed by atoms with Crippen LogP contribution in [-0.4, -0.2) is 48.7 Å². The summed E-state index contributed by atoms with van der Waals surface area (Å²) < 4.78 is 11.1. The number of ether oxygens (including phenoxy) is 2. The van der Waals surface area contributed by atoms with Gasteiger partial charge in [-0.25, -0.2) is 4.79 Å². The first kappa shape index (κ1) is 15.3. The van der Waals surface area contributed by atoms with E-state index in [9.17, 15) is 9.59 Å². The molecule has 5 nitrogen and oxygen atoms in total. The number of nitrogens with zero attached hydrogens (tertiary/aromatic N) is 1. The van der Waals surface area contributed by atoms with Gasteiger partial charge in [0.15, 0.2) is 0 Å². The van der Waals surface area contributed by atoms with Crippen LogP contribution in [0.1, 0.15) is 46.5 Å². The fourth-order valence-electron chi connectivity index (χ4n) is 3.06. The van der Waals surface area contributed by atoms with E-state index in [4.69, 9.17) is 9.47 Å². The van der Waals surface area contributed by atoms with Gasteiger partial charge in [0, 0.05) is 19.7 Å². The zero-order chi connectivity index (χ0) is 14.8. The molecule has 20 heavy (non-hydrogen) atoms. The highest BCUT2D eigenvalue weighted by atomic mass is 16.6.